The number of nitrogens with zero attached hydrogens (tertiary/aromatic N) is 3. The van der Waals surface area contributed by atoms with Gasteiger partial charge >= 0.3 is 0 Å². The molecular formula is C14H17ClN4. The molecule has 100 valence electrons. The van der Waals surface area contributed by atoms with Crippen LogP contribution >= 0.6 is 11.6 Å². The van der Waals surface area contributed by atoms with Crippen LogP contribution < -0.4 is 5.32 Å². The quantitative estimate of drug-likeness (QED) is 0.851. The van der Waals surface area contributed by atoms with Gasteiger partial charge in [-0.2, -0.15) is 0 Å². The number of halogens is 1. The third-order valence-electron chi connectivity index (χ3n) is 2.53. The van der Waals surface area contributed by atoms with E-state index < -0.39 is 0 Å². The number of hydrogen-bond acceptors (Lipinski definition) is 4. The first-order valence-corrected chi connectivity index (χ1v) is 6.67. The van der Waals surface area contributed by atoms with Gasteiger partial charge in [-0.3, -0.25) is 4.98 Å². The number of rotatable bonds is 5. The van der Waals surface area contributed by atoms with Crippen molar-refractivity contribution in [3.05, 3.63) is 47.1 Å². The molecule has 5 heteroatoms. The summed E-state index contributed by atoms with van der Waals surface area (Å²) in [5.74, 6) is 2.03. The van der Waals surface area contributed by atoms with Gasteiger partial charge in [0.1, 0.15) is 16.8 Å². The first-order chi connectivity index (χ1) is 9.13. The third-order valence-corrected chi connectivity index (χ3v) is 2.72. The van der Waals surface area contributed by atoms with Crippen LogP contribution in [0.15, 0.2) is 30.6 Å². The van der Waals surface area contributed by atoms with E-state index in [2.05, 4.69) is 34.1 Å². The first-order valence-electron chi connectivity index (χ1n) is 6.29. The van der Waals surface area contributed by atoms with Crippen LogP contribution in [-0.4, -0.2) is 15.0 Å². The lowest BCUT2D eigenvalue weighted by Gasteiger charge is -2.09. The van der Waals surface area contributed by atoms with Crippen LogP contribution in [0, 0.1) is 5.92 Å². The molecule has 0 aromatic carbocycles. The zero-order chi connectivity index (χ0) is 13.7. The Bertz CT molecular complexity index is 528. The second-order valence-corrected chi connectivity index (χ2v) is 5.19. The number of hydrogen-bond donors (Lipinski definition) is 1. The van der Waals surface area contributed by atoms with Crippen molar-refractivity contribution >= 4 is 17.4 Å². The highest BCUT2D eigenvalue weighted by Crippen LogP contribution is 2.14. The van der Waals surface area contributed by atoms with E-state index in [4.69, 9.17) is 11.6 Å². The van der Waals surface area contributed by atoms with Crippen molar-refractivity contribution in [1.29, 1.82) is 0 Å². The molecule has 0 spiro atoms. The molecule has 2 rings (SSSR count). The van der Waals surface area contributed by atoms with Crippen LogP contribution in [0.5, 0.6) is 0 Å². The van der Waals surface area contributed by atoms with Gasteiger partial charge in [-0.1, -0.05) is 31.5 Å². The Morgan fingerprint density at radius 3 is 2.84 bits per heavy atom. The number of aromatic nitrogens is 3. The van der Waals surface area contributed by atoms with Crippen molar-refractivity contribution in [1.82, 2.24) is 15.0 Å². The monoisotopic (exact) mass is 276 g/mol. The minimum Gasteiger partial charge on any atom is -0.366 e. The minimum atomic E-state index is 0.472. The van der Waals surface area contributed by atoms with Crippen LogP contribution in [0.1, 0.15) is 25.2 Å². The molecule has 19 heavy (non-hydrogen) atoms. The van der Waals surface area contributed by atoms with E-state index in [9.17, 15) is 0 Å². The molecule has 0 saturated carbocycles. The van der Waals surface area contributed by atoms with Gasteiger partial charge in [0.25, 0.3) is 0 Å². The molecule has 0 aliphatic heterocycles. The Labute approximate surface area is 118 Å². The van der Waals surface area contributed by atoms with E-state index in [1.54, 1.807) is 12.3 Å². The second-order valence-electron chi connectivity index (χ2n) is 4.80. The molecule has 0 bridgehead atoms. The summed E-state index contributed by atoms with van der Waals surface area (Å²) in [5, 5.41) is 3.71. The van der Waals surface area contributed by atoms with Crippen LogP contribution in [0.25, 0.3) is 0 Å². The van der Waals surface area contributed by atoms with Crippen LogP contribution in [0.4, 0.5) is 5.82 Å². The fraction of sp³-hybridized carbons (Fsp3) is 0.357. The maximum atomic E-state index is 6.01. The average molecular weight is 277 g/mol. The van der Waals surface area contributed by atoms with Crippen molar-refractivity contribution in [3.63, 3.8) is 0 Å². The van der Waals surface area contributed by atoms with Crippen molar-refractivity contribution in [2.24, 2.45) is 5.92 Å². The Hall–Kier alpha value is -1.68. The van der Waals surface area contributed by atoms with Gasteiger partial charge in [0.05, 0.1) is 0 Å². The minimum absolute atomic E-state index is 0.472. The molecule has 2 aromatic heterocycles. The first kappa shape index (κ1) is 13.7. The highest BCUT2D eigenvalue weighted by Gasteiger charge is 2.05. The summed E-state index contributed by atoms with van der Waals surface area (Å²) in [4.78, 5) is 12.8. The molecule has 2 heterocycles. The summed E-state index contributed by atoms with van der Waals surface area (Å²) in [6.07, 6.45) is 4.40. The zero-order valence-electron chi connectivity index (χ0n) is 11.1. The number of nitrogens with one attached hydrogen (secondary N) is 1. The van der Waals surface area contributed by atoms with Crippen molar-refractivity contribution in [3.8, 4) is 0 Å². The maximum Gasteiger partial charge on any atom is 0.134 e. The van der Waals surface area contributed by atoms with E-state index in [0.29, 0.717) is 17.6 Å². The normalized spacial score (nSPS) is 10.7. The van der Waals surface area contributed by atoms with Gasteiger partial charge < -0.3 is 5.32 Å². The molecule has 0 atom stereocenters. The highest BCUT2D eigenvalue weighted by atomic mass is 35.5. The van der Waals surface area contributed by atoms with E-state index in [1.165, 1.54) is 0 Å². The molecule has 0 aliphatic carbocycles. The number of anilines is 1. The summed E-state index contributed by atoms with van der Waals surface area (Å²) in [6, 6.07) is 5.66. The van der Waals surface area contributed by atoms with Crippen LogP contribution in [0.2, 0.25) is 5.15 Å². The van der Waals surface area contributed by atoms with Gasteiger partial charge in [-0.25, -0.2) is 9.97 Å². The summed E-state index contributed by atoms with van der Waals surface area (Å²) in [5.41, 5.74) is 1.10. The lowest BCUT2D eigenvalue weighted by atomic mass is 10.1. The summed E-state index contributed by atoms with van der Waals surface area (Å²) in [6.45, 7) is 4.93. The molecule has 0 fully saturated rings. The third kappa shape index (κ3) is 4.48. The Balaban J connectivity index is 2.05. The van der Waals surface area contributed by atoms with Gasteiger partial charge in [-0.05, 0) is 17.5 Å². The summed E-state index contributed by atoms with van der Waals surface area (Å²) < 4.78 is 0. The molecule has 2 aromatic rings. The highest BCUT2D eigenvalue weighted by molar-refractivity contribution is 6.29. The largest absolute Gasteiger partial charge is 0.366 e. The predicted molar refractivity (Wildman–Crippen MR) is 77.1 cm³/mol. The molecule has 4 nitrogen and oxygen atoms in total. The molecule has 0 aliphatic rings. The fourth-order valence-electron chi connectivity index (χ4n) is 1.71. The Morgan fingerprint density at radius 2 is 2.16 bits per heavy atom. The molecular weight excluding hydrogens is 260 g/mol. The summed E-state index contributed by atoms with van der Waals surface area (Å²) in [7, 11) is 0. The van der Waals surface area contributed by atoms with Crippen molar-refractivity contribution in [2.75, 3.05) is 5.32 Å². The van der Waals surface area contributed by atoms with E-state index >= 15 is 0 Å². The Kier molecular flexibility index (Phi) is 4.68. The van der Waals surface area contributed by atoms with Crippen LogP contribution in [0.3, 0.4) is 0 Å². The lowest BCUT2D eigenvalue weighted by Crippen LogP contribution is -2.06. The summed E-state index contributed by atoms with van der Waals surface area (Å²) >= 11 is 6.01. The predicted octanol–water partition coefficient (Wildman–Crippen LogP) is 3.34. The Morgan fingerprint density at radius 1 is 1.32 bits per heavy atom. The lowest BCUT2D eigenvalue weighted by molar-refractivity contribution is 0.621. The number of pyridine rings is 1. The van der Waals surface area contributed by atoms with E-state index in [1.807, 2.05) is 18.3 Å². The molecule has 1 N–H and O–H groups in total. The standard InChI is InChI=1S/C14H17ClN4/c1-10(2)6-14-18-12(15)7-13(19-14)17-9-11-4-3-5-16-8-11/h3-5,7-8,10H,6,9H2,1-2H3,(H,17,18,19). The van der Waals surface area contributed by atoms with Gasteiger partial charge in [-0.15, -0.1) is 0 Å². The maximum absolute atomic E-state index is 6.01. The van der Waals surface area contributed by atoms with Crippen molar-refractivity contribution in [2.45, 2.75) is 26.8 Å². The topological polar surface area (TPSA) is 50.7 Å². The zero-order valence-corrected chi connectivity index (χ0v) is 11.9. The molecule has 0 radical (unpaired) electrons. The van der Waals surface area contributed by atoms with Gasteiger partial charge in [0, 0.05) is 31.4 Å². The molecule has 0 saturated heterocycles. The fourth-order valence-corrected chi connectivity index (χ4v) is 1.91. The van der Waals surface area contributed by atoms with Crippen LogP contribution in [-0.2, 0) is 13.0 Å². The second kappa shape index (κ2) is 6.48. The van der Waals surface area contributed by atoms with E-state index in [-0.39, 0.29) is 0 Å². The van der Waals surface area contributed by atoms with Crippen molar-refractivity contribution < 1.29 is 0 Å². The van der Waals surface area contributed by atoms with Gasteiger partial charge in [0.2, 0.25) is 0 Å². The molecule has 0 unspecified atom stereocenters. The smallest absolute Gasteiger partial charge is 0.134 e. The van der Waals surface area contributed by atoms with Gasteiger partial charge in [0.15, 0.2) is 0 Å². The molecule has 0 amide bonds. The average Bonchev–Trinajstić information content (AvgIpc) is 2.36. The van der Waals surface area contributed by atoms with E-state index in [0.717, 1.165) is 23.6 Å². The SMILES string of the molecule is CC(C)Cc1nc(Cl)cc(NCc2cccnc2)n1.